The summed E-state index contributed by atoms with van der Waals surface area (Å²) in [6, 6.07) is 4.43. The van der Waals surface area contributed by atoms with E-state index in [4.69, 9.17) is 5.73 Å². The van der Waals surface area contributed by atoms with Gasteiger partial charge in [0, 0.05) is 18.8 Å². The highest BCUT2D eigenvalue weighted by Crippen LogP contribution is 2.24. The molecular weight excluding hydrogens is 186 g/mol. The summed E-state index contributed by atoms with van der Waals surface area (Å²) in [7, 11) is 0. The van der Waals surface area contributed by atoms with Crippen molar-refractivity contribution in [2.24, 2.45) is 5.92 Å². The first kappa shape index (κ1) is 10.4. The second kappa shape index (κ2) is 4.62. The second-order valence-corrected chi connectivity index (χ2v) is 4.54. The molecule has 0 aliphatic heterocycles. The van der Waals surface area contributed by atoms with Crippen molar-refractivity contribution in [3.63, 3.8) is 0 Å². The number of nitrogens with zero attached hydrogens (tertiary/aromatic N) is 1. The molecule has 0 amide bonds. The van der Waals surface area contributed by atoms with Crippen LogP contribution in [0.5, 0.6) is 0 Å². The van der Waals surface area contributed by atoms with Gasteiger partial charge < -0.3 is 11.1 Å². The fourth-order valence-corrected chi connectivity index (χ4v) is 2.23. The lowest BCUT2D eigenvalue weighted by atomic mass is 10.1. The maximum atomic E-state index is 5.83. The van der Waals surface area contributed by atoms with Gasteiger partial charge in [0.15, 0.2) is 0 Å². The van der Waals surface area contributed by atoms with E-state index in [9.17, 15) is 0 Å². The Kier molecular flexibility index (Phi) is 3.21. The summed E-state index contributed by atoms with van der Waals surface area (Å²) in [4.78, 5) is 4.27. The Balaban J connectivity index is 1.86. The quantitative estimate of drug-likeness (QED) is 0.793. The van der Waals surface area contributed by atoms with Gasteiger partial charge in [-0.2, -0.15) is 0 Å². The minimum atomic E-state index is 0.654. The normalized spacial score (nSPS) is 25.7. The van der Waals surface area contributed by atoms with E-state index in [0.29, 0.717) is 6.04 Å². The van der Waals surface area contributed by atoms with Gasteiger partial charge in [-0.15, -0.1) is 0 Å². The van der Waals surface area contributed by atoms with Crippen LogP contribution in [0.1, 0.15) is 31.9 Å². The van der Waals surface area contributed by atoms with Crippen LogP contribution in [0.4, 0.5) is 5.69 Å². The standard InChI is InChI=1S/C12H19N3/c1-9-4-5-10(7-9)15-8-12-11(13)3-2-6-14-12/h2-3,6,9-10,15H,4-5,7-8,13H2,1H3. The Morgan fingerprint density at radius 1 is 1.53 bits per heavy atom. The van der Waals surface area contributed by atoms with Crippen LogP contribution in [0, 0.1) is 5.92 Å². The zero-order valence-corrected chi connectivity index (χ0v) is 9.24. The molecule has 1 aromatic rings. The first-order chi connectivity index (χ1) is 7.25. The predicted molar refractivity (Wildman–Crippen MR) is 62.3 cm³/mol. The van der Waals surface area contributed by atoms with Crippen LogP contribution >= 0.6 is 0 Å². The van der Waals surface area contributed by atoms with Gasteiger partial charge in [0.25, 0.3) is 0 Å². The van der Waals surface area contributed by atoms with Gasteiger partial charge in [-0.25, -0.2) is 0 Å². The topological polar surface area (TPSA) is 50.9 Å². The highest BCUT2D eigenvalue weighted by molar-refractivity contribution is 5.41. The van der Waals surface area contributed by atoms with Crippen LogP contribution in [-0.4, -0.2) is 11.0 Å². The van der Waals surface area contributed by atoms with Crippen molar-refractivity contribution in [3.8, 4) is 0 Å². The average Bonchev–Trinajstić information content (AvgIpc) is 2.63. The fraction of sp³-hybridized carbons (Fsp3) is 0.583. The molecule has 1 heterocycles. The first-order valence-corrected chi connectivity index (χ1v) is 5.68. The lowest BCUT2D eigenvalue weighted by molar-refractivity contribution is 0.499. The van der Waals surface area contributed by atoms with E-state index in [1.807, 2.05) is 12.1 Å². The number of nitrogens with two attached hydrogens (primary N) is 1. The van der Waals surface area contributed by atoms with E-state index in [-0.39, 0.29) is 0 Å². The molecule has 1 aliphatic rings. The fourth-order valence-electron chi connectivity index (χ4n) is 2.23. The molecular formula is C12H19N3. The highest BCUT2D eigenvalue weighted by Gasteiger charge is 2.20. The predicted octanol–water partition coefficient (Wildman–Crippen LogP) is 1.94. The summed E-state index contributed by atoms with van der Waals surface area (Å²) in [5.41, 5.74) is 7.59. The number of rotatable bonds is 3. The maximum absolute atomic E-state index is 5.83. The van der Waals surface area contributed by atoms with Crippen molar-refractivity contribution >= 4 is 5.69 Å². The summed E-state index contributed by atoms with van der Waals surface area (Å²) in [5, 5.41) is 3.53. The summed E-state index contributed by atoms with van der Waals surface area (Å²) >= 11 is 0. The number of aromatic nitrogens is 1. The second-order valence-electron chi connectivity index (χ2n) is 4.54. The molecule has 0 saturated heterocycles. The molecule has 82 valence electrons. The van der Waals surface area contributed by atoms with Crippen molar-refractivity contribution in [1.29, 1.82) is 0 Å². The van der Waals surface area contributed by atoms with Crippen LogP contribution in [0.15, 0.2) is 18.3 Å². The Hall–Kier alpha value is -1.09. The average molecular weight is 205 g/mol. The Morgan fingerprint density at radius 3 is 3.07 bits per heavy atom. The Morgan fingerprint density at radius 2 is 2.40 bits per heavy atom. The van der Waals surface area contributed by atoms with Crippen LogP contribution in [0.3, 0.4) is 0 Å². The molecule has 3 nitrogen and oxygen atoms in total. The van der Waals surface area contributed by atoms with Crippen molar-refractivity contribution < 1.29 is 0 Å². The van der Waals surface area contributed by atoms with E-state index in [2.05, 4.69) is 17.2 Å². The number of pyridine rings is 1. The minimum Gasteiger partial charge on any atom is -0.397 e. The van der Waals surface area contributed by atoms with Gasteiger partial charge in [0.1, 0.15) is 0 Å². The largest absolute Gasteiger partial charge is 0.397 e. The SMILES string of the molecule is CC1CCC(NCc2ncccc2N)C1. The van der Waals surface area contributed by atoms with E-state index < -0.39 is 0 Å². The molecule has 2 rings (SSSR count). The summed E-state index contributed by atoms with van der Waals surface area (Å²) in [6.45, 7) is 3.11. The zero-order chi connectivity index (χ0) is 10.7. The molecule has 3 N–H and O–H groups in total. The first-order valence-electron chi connectivity index (χ1n) is 5.68. The Labute approximate surface area is 91.1 Å². The molecule has 3 heteroatoms. The van der Waals surface area contributed by atoms with Crippen molar-refractivity contribution in [3.05, 3.63) is 24.0 Å². The molecule has 0 aromatic carbocycles. The number of hydrogen-bond acceptors (Lipinski definition) is 3. The van der Waals surface area contributed by atoms with Crippen LogP contribution in [-0.2, 0) is 6.54 Å². The molecule has 1 aromatic heterocycles. The summed E-state index contributed by atoms with van der Waals surface area (Å²) in [6.07, 6.45) is 5.71. The molecule has 1 fully saturated rings. The van der Waals surface area contributed by atoms with Gasteiger partial charge in [-0.1, -0.05) is 6.92 Å². The smallest absolute Gasteiger partial charge is 0.0770 e. The monoisotopic (exact) mass is 205 g/mol. The van der Waals surface area contributed by atoms with Crippen molar-refractivity contribution in [2.75, 3.05) is 5.73 Å². The third-order valence-electron chi connectivity index (χ3n) is 3.18. The highest BCUT2D eigenvalue weighted by atomic mass is 14.9. The maximum Gasteiger partial charge on any atom is 0.0770 e. The van der Waals surface area contributed by atoms with Crippen molar-refractivity contribution in [2.45, 2.75) is 38.8 Å². The third-order valence-corrected chi connectivity index (χ3v) is 3.18. The van der Waals surface area contributed by atoms with Gasteiger partial charge in [0.2, 0.25) is 0 Å². The van der Waals surface area contributed by atoms with Crippen LogP contribution < -0.4 is 11.1 Å². The molecule has 0 radical (unpaired) electrons. The molecule has 15 heavy (non-hydrogen) atoms. The summed E-state index contributed by atoms with van der Waals surface area (Å²) < 4.78 is 0. The summed E-state index contributed by atoms with van der Waals surface area (Å²) in [5.74, 6) is 0.864. The van der Waals surface area contributed by atoms with E-state index >= 15 is 0 Å². The van der Waals surface area contributed by atoms with E-state index in [1.165, 1.54) is 19.3 Å². The number of nitrogens with one attached hydrogen (secondary N) is 1. The molecule has 1 aliphatic carbocycles. The van der Waals surface area contributed by atoms with Crippen LogP contribution in [0.2, 0.25) is 0 Å². The van der Waals surface area contributed by atoms with E-state index in [1.54, 1.807) is 6.20 Å². The Bertz CT molecular complexity index is 324. The van der Waals surface area contributed by atoms with Gasteiger partial charge >= 0.3 is 0 Å². The third kappa shape index (κ3) is 2.69. The van der Waals surface area contributed by atoms with Gasteiger partial charge in [-0.3, -0.25) is 4.98 Å². The lowest BCUT2D eigenvalue weighted by Gasteiger charge is -2.12. The van der Waals surface area contributed by atoms with Gasteiger partial charge in [0.05, 0.1) is 11.4 Å². The lowest BCUT2D eigenvalue weighted by Crippen LogP contribution is -2.26. The van der Waals surface area contributed by atoms with Crippen LogP contribution in [0.25, 0.3) is 0 Å². The molecule has 0 bridgehead atoms. The molecule has 2 unspecified atom stereocenters. The number of hydrogen-bond donors (Lipinski definition) is 2. The van der Waals surface area contributed by atoms with Gasteiger partial charge in [-0.05, 0) is 37.3 Å². The molecule has 1 saturated carbocycles. The molecule has 0 spiro atoms. The van der Waals surface area contributed by atoms with Crippen molar-refractivity contribution in [1.82, 2.24) is 10.3 Å². The number of anilines is 1. The van der Waals surface area contributed by atoms with E-state index in [0.717, 1.165) is 23.8 Å². The minimum absolute atomic E-state index is 0.654. The molecule has 2 atom stereocenters. The zero-order valence-electron chi connectivity index (χ0n) is 9.24. The number of nitrogen functional groups attached to an aromatic ring is 1.